The van der Waals surface area contributed by atoms with Crippen LogP contribution >= 0.6 is 0 Å². The summed E-state index contributed by atoms with van der Waals surface area (Å²) < 4.78 is 0. The van der Waals surface area contributed by atoms with Gasteiger partial charge in [-0.2, -0.15) is 0 Å². The van der Waals surface area contributed by atoms with Crippen LogP contribution in [0.25, 0.3) is 11.1 Å². The van der Waals surface area contributed by atoms with E-state index in [1.165, 1.54) is 12.0 Å². The molecule has 1 aliphatic heterocycles. The number of oxime groups is 1. The number of aromatic nitrogens is 1. The van der Waals surface area contributed by atoms with E-state index in [4.69, 9.17) is 4.84 Å². The second-order valence-electron chi connectivity index (χ2n) is 7.98. The molecule has 2 amide bonds. The zero-order valence-corrected chi connectivity index (χ0v) is 18.8. The summed E-state index contributed by atoms with van der Waals surface area (Å²) >= 11 is 0. The van der Waals surface area contributed by atoms with E-state index in [1.807, 2.05) is 42.5 Å². The van der Waals surface area contributed by atoms with Crippen molar-refractivity contribution in [1.82, 2.24) is 15.2 Å². The molecule has 0 bridgehead atoms. The summed E-state index contributed by atoms with van der Waals surface area (Å²) in [5, 5.41) is 17.1. The number of hydrogen-bond acceptors (Lipinski definition) is 6. The molecule has 0 saturated carbocycles. The standard InChI is InChI=1S/C26H26N4O4/c1-34-29-22-14-23(25(32)28-16-24(31)19-6-3-2-4-7-19)30(17-22)26(33)20-11-9-18(10-12-20)21-8-5-13-27-15-21/h2-13,15,23-24,31H,14,16-17H2,1H3,(H,28,32)/b29-22+. The molecule has 1 saturated heterocycles. The minimum atomic E-state index is -0.845. The third kappa shape index (κ3) is 5.29. The third-order valence-electron chi connectivity index (χ3n) is 5.72. The quantitative estimate of drug-likeness (QED) is 0.530. The Morgan fingerprint density at radius 2 is 1.88 bits per heavy atom. The summed E-state index contributed by atoms with van der Waals surface area (Å²) in [6, 6.07) is 19.3. The van der Waals surface area contributed by atoms with Crippen molar-refractivity contribution in [3.63, 3.8) is 0 Å². The number of aliphatic hydroxyl groups excluding tert-OH is 1. The average molecular weight is 459 g/mol. The van der Waals surface area contributed by atoms with Gasteiger partial charge in [-0.25, -0.2) is 0 Å². The van der Waals surface area contributed by atoms with E-state index < -0.39 is 12.1 Å². The number of carbonyl (C=O) groups excluding carboxylic acids is 2. The first-order valence-corrected chi connectivity index (χ1v) is 11.0. The van der Waals surface area contributed by atoms with Crippen LogP contribution in [0.2, 0.25) is 0 Å². The van der Waals surface area contributed by atoms with Crippen LogP contribution in [0.5, 0.6) is 0 Å². The lowest BCUT2D eigenvalue weighted by Crippen LogP contribution is -2.46. The molecule has 8 nitrogen and oxygen atoms in total. The van der Waals surface area contributed by atoms with Crippen LogP contribution in [0, 0.1) is 0 Å². The molecule has 3 aromatic rings. The van der Waals surface area contributed by atoms with Crippen LogP contribution in [0.4, 0.5) is 0 Å². The molecule has 0 spiro atoms. The summed E-state index contributed by atoms with van der Waals surface area (Å²) in [6.07, 6.45) is 2.89. The molecule has 2 unspecified atom stereocenters. The number of nitrogens with zero attached hydrogens (tertiary/aromatic N) is 3. The normalized spacial score (nSPS) is 17.4. The number of likely N-dealkylation sites (tertiary alicyclic amines) is 1. The van der Waals surface area contributed by atoms with Gasteiger partial charge in [0.2, 0.25) is 5.91 Å². The van der Waals surface area contributed by atoms with Crippen molar-refractivity contribution in [3.8, 4) is 11.1 Å². The SMILES string of the molecule is CO/N=C1\CC(C(=O)NCC(O)c2ccccc2)N(C(=O)c2ccc(-c3cccnc3)cc2)C1. The Kier molecular flexibility index (Phi) is 7.29. The van der Waals surface area contributed by atoms with Gasteiger partial charge in [0, 0.05) is 30.9 Å². The van der Waals surface area contributed by atoms with Gasteiger partial charge in [0.25, 0.3) is 5.91 Å². The highest BCUT2D eigenvalue weighted by Crippen LogP contribution is 2.23. The predicted octanol–water partition coefficient (Wildman–Crippen LogP) is 2.82. The molecule has 8 heteroatoms. The summed E-state index contributed by atoms with van der Waals surface area (Å²) in [5.41, 5.74) is 3.67. The van der Waals surface area contributed by atoms with Crippen molar-refractivity contribution >= 4 is 17.5 Å². The van der Waals surface area contributed by atoms with Gasteiger partial charge in [-0.05, 0) is 34.9 Å². The van der Waals surface area contributed by atoms with Gasteiger partial charge < -0.3 is 20.2 Å². The molecule has 2 aromatic carbocycles. The van der Waals surface area contributed by atoms with Gasteiger partial charge in [0.1, 0.15) is 13.2 Å². The molecule has 0 radical (unpaired) electrons. The number of pyridine rings is 1. The van der Waals surface area contributed by atoms with Crippen molar-refractivity contribution in [3.05, 3.63) is 90.3 Å². The maximum absolute atomic E-state index is 13.3. The van der Waals surface area contributed by atoms with Crippen LogP contribution in [0.3, 0.4) is 0 Å². The van der Waals surface area contributed by atoms with E-state index in [0.717, 1.165) is 11.1 Å². The minimum absolute atomic E-state index is 0.0396. The number of aliphatic hydroxyl groups is 1. The van der Waals surface area contributed by atoms with E-state index in [9.17, 15) is 14.7 Å². The van der Waals surface area contributed by atoms with E-state index in [1.54, 1.807) is 36.7 Å². The van der Waals surface area contributed by atoms with Crippen LogP contribution in [-0.2, 0) is 9.63 Å². The van der Waals surface area contributed by atoms with Crippen molar-refractivity contribution < 1.29 is 19.5 Å². The fourth-order valence-corrected chi connectivity index (χ4v) is 3.96. The fourth-order valence-electron chi connectivity index (χ4n) is 3.96. The zero-order chi connectivity index (χ0) is 23.9. The van der Waals surface area contributed by atoms with Crippen LogP contribution in [0.1, 0.15) is 28.4 Å². The molecule has 4 rings (SSSR count). The number of carbonyl (C=O) groups is 2. The Bertz CT molecular complexity index is 1150. The molecule has 1 aliphatic rings. The first-order chi connectivity index (χ1) is 16.6. The Hall–Kier alpha value is -4.04. The molecule has 2 N–H and O–H groups in total. The Balaban J connectivity index is 1.47. The second kappa shape index (κ2) is 10.7. The molecule has 2 heterocycles. The molecule has 1 fully saturated rings. The second-order valence-corrected chi connectivity index (χ2v) is 7.98. The largest absolute Gasteiger partial charge is 0.399 e. The lowest BCUT2D eigenvalue weighted by Gasteiger charge is -2.24. The maximum Gasteiger partial charge on any atom is 0.254 e. The van der Waals surface area contributed by atoms with Gasteiger partial charge in [0.05, 0.1) is 18.4 Å². The number of hydrogen-bond donors (Lipinski definition) is 2. The number of rotatable bonds is 7. The summed E-state index contributed by atoms with van der Waals surface area (Å²) in [6.45, 7) is 0.230. The average Bonchev–Trinajstić information content (AvgIpc) is 3.32. The molecule has 2 atom stereocenters. The zero-order valence-electron chi connectivity index (χ0n) is 18.8. The lowest BCUT2D eigenvalue weighted by molar-refractivity contribution is -0.125. The summed E-state index contributed by atoms with van der Waals surface area (Å²) in [5.74, 6) is -0.626. The van der Waals surface area contributed by atoms with Crippen LogP contribution < -0.4 is 5.32 Å². The topological polar surface area (TPSA) is 104 Å². The number of nitrogens with one attached hydrogen (secondary N) is 1. The first-order valence-electron chi connectivity index (χ1n) is 11.0. The third-order valence-corrected chi connectivity index (χ3v) is 5.72. The van der Waals surface area contributed by atoms with E-state index in [2.05, 4.69) is 15.5 Å². The van der Waals surface area contributed by atoms with E-state index in [0.29, 0.717) is 16.8 Å². The first kappa shape index (κ1) is 23.1. The lowest BCUT2D eigenvalue weighted by atomic mass is 10.0. The van der Waals surface area contributed by atoms with E-state index >= 15 is 0 Å². The van der Waals surface area contributed by atoms with Crippen molar-refractivity contribution in [2.24, 2.45) is 5.16 Å². The Morgan fingerprint density at radius 3 is 2.56 bits per heavy atom. The fraction of sp³-hybridized carbons (Fsp3) is 0.231. The number of amides is 2. The van der Waals surface area contributed by atoms with Gasteiger partial charge in [-0.3, -0.25) is 14.6 Å². The highest BCUT2D eigenvalue weighted by Gasteiger charge is 2.38. The molecular formula is C26H26N4O4. The summed E-state index contributed by atoms with van der Waals surface area (Å²) in [7, 11) is 1.43. The summed E-state index contributed by atoms with van der Waals surface area (Å²) in [4.78, 5) is 36.8. The van der Waals surface area contributed by atoms with Gasteiger partial charge >= 0.3 is 0 Å². The van der Waals surface area contributed by atoms with E-state index in [-0.39, 0.29) is 31.3 Å². The predicted molar refractivity (Wildman–Crippen MR) is 128 cm³/mol. The minimum Gasteiger partial charge on any atom is -0.399 e. The molecule has 34 heavy (non-hydrogen) atoms. The Morgan fingerprint density at radius 1 is 1.12 bits per heavy atom. The molecule has 174 valence electrons. The van der Waals surface area contributed by atoms with Gasteiger partial charge in [-0.15, -0.1) is 0 Å². The van der Waals surface area contributed by atoms with Crippen molar-refractivity contribution in [2.75, 3.05) is 20.2 Å². The van der Waals surface area contributed by atoms with Crippen molar-refractivity contribution in [2.45, 2.75) is 18.6 Å². The maximum atomic E-state index is 13.3. The molecule has 1 aromatic heterocycles. The highest BCUT2D eigenvalue weighted by atomic mass is 16.6. The van der Waals surface area contributed by atoms with Crippen molar-refractivity contribution in [1.29, 1.82) is 0 Å². The monoisotopic (exact) mass is 458 g/mol. The molecule has 0 aliphatic carbocycles. The highest BCUT2D eigenvalue weighted by molar-refractivity contribution is 6.05. The number of benzene rings is 2. The van der Waals surface area contributed by atoms with Crippen LogP contribution in [-0.4, -0.2) is 58.8 Å². The van der Waals surface area contributed by atoms with Crippen LogP contribution in [0.15, 0.2) is 84.3 Å². The smallest absolute Gasteiger partial charge is 0.254 e. The molecular weight excluding hydrogens is 432 g/mol. The van der Waals surface area contributed by atoms with Gasteiger partial charge in [-0.1, -0.05) is 53.7 Å². The Labute approximate surface area is 197 Å². The van der Waals surface area contributed by atoms with Gasteiger partial charge in [0.15, 0.2) is 0 Å².